The van der Waals surface area contributed by atoms with Gasteiger partial charge in [0, 0.05) is 13.3 Å². The second-order valence-electron chi connectivity index (χ2n) is 24.0. The number of allylic oxidation sites excluding steroid dienone is 3. The number of carbonyl (C=O) groups is 2. The lowest BCUT2D eigenvalue weighted by Gasteiger charge is -2.48. The molecule has 3 aliphatic heterocycles. The van der Waals surface area contributed by atoms with Crippen molar-refractivity contribution in [1.82, 2.24) is 10.6 Å². The Morgan fingerprint density at radius 3 is 1.29 bits per heavy atom. The van der Waals surface area contributed by atoms with Crippen molar-refractivity contribution >= 4 is 11.8 Å². The van der Waals surface area contributed by atoms with E-state index in [0.29, 0.717) is 6.42 Å². The maximum atomic E-state index is 13.4. The largest absolute Gasteiger partial charge is 0.394 e. The minimum absolute atomic E-state index is 0.241. The zero-order valence-electron chi connectivity index (χ0n) is 51.7. The van der Waals surface area contributed by atoms with Crippen LogP contribution in [0.5, 0.6) is 0 Å². The Morgan fingerprint density at radius 2 is 0.845 bits per heavy atom. The van der Waals surface area contributed by atoms with E-state index in [9.17, 15) is 60.7 Å². The Bertz CT molecular complexity index is 1700. The average molecular weight is 1200 g/mol. The molecule has 20 nitrogen and oxygen atoms in total. The van der Waals surface area contributed by atoms with Gasteiger partial charge in [-0.25, -0.2) is 0 Å². The third-order valence-electron chi connectivity index (χ3n) is 16.6. The smallest absolute Gasteiger partial charge is 0.220 e. The Hall–Kier alpha value is -2.22. The molecule has 0 bridgehead atoms. The first-order valence-corrected chi connectivity index (χ1v) is 33.1. The summed E-state index contributed by atoms with van der Waals surface area (Å²) in [4.78, 5) is 25.4. The number of unbranched alkanes of at least 4 members (excludes halogenated alkanes) is 30. The minimum atomic E-state index is -1.99. The SMILES string of the molecule is CCCCCCCCC=CCCCCCCCCCCCCCCCC(=O)N[C@@H](CO[C@@H]1O[C@H](CO)[C@@H](O[C@@H]2O[C@H](CO)[C@H](O[C@@H]3O[C@H](CO)[C@H](O)[C@H](O)[C@H]3NC(C)=O)[C@H](O)[C@H]2O)[C@H](O)C1O)[C@H](O)C=CCCCCCCCCCCCCC. The van der Waals surface area contributed by atoms with Crippen molar-refractivity contribution in [3.63, 3.8) is 0 Å². The number of ether oxygens (including phenoxy) is 6. The lowest BCUT2D eigenvalue weighted by Crippen LogP contribution is -2.68. The van der Waals surface area contributed by atoms with Crippen LogP contribution in [0.1, 0.15) is 239 Å². The number of aliphatic hydroxyl groups is 10. The van der Waals surface area contributed by atoms with E-state index in [1.807, 2.05) is 6.08 Å². The molecule has 0 aliphatic carbocycles. The third-order valence-corrected chi connectivity index (χ3v) is 16.6. The van der Waals surface area contributed by atoms with Gasteiger partial charge in [0.05, 0.1) is 38.6 Å². The number of aliphatic hydroxyl groups excluding tert-OH is 10. The monoisotopic (exact) mass is 1200 g/mol. The van der Waals surface area contributed by atoms with Crippen molar-refractivity contribution in [3.05, 3.63) is 24.3 Å². The van der Waals surface area contributed by atoms with Crippen LogP contribution in [-0.4, -0.2) is 194 Å². The predicted molar refractivity (Wildman–Crippen MR) is 321 cm³/mol. The first kappa shape index (κ1) is 76.0. The van der Waals surface area contributed by atoms with Gasteiger partial charge in [-0.1, -0.05) is 205 Å². The number of nitrogens with one attached hydrogen (secondary N) is 2. The second kappa shape index (κ2) is 46.8. The lowest BCUT2D eigenvalue weighted by molar-refractivity contribution is -0.374. The molecule has 0 aromatic heterocycles. The molecule has 3 aliphatic rings. The van der Waals surface area contributed by atoms with E-state index in [2.05, 4.69) is 36.6 Å². The molecule has 84 heavy (non-hydrogen) atoms. The molecule has 0 aromatic rings. The van der Waals surface area contributed by atoms with E-state index in [0.717, 1.165) is 51.9 Å². The minimum Gasteiger partial charge on any atom is -0.394 e. The fourth-order valence-corrected chi connectivity index (χ4v) is 11.4. The van der Waals surface area contributed by atoms with Gasteiger partial charge in [0.15, 0.2) is 18.9 Å². The summed E-state index contributed by atoms with van der Waals surface area (Å²) in [5.74, 6) is -0.924. The summed E-state index contributed by atoms with van der Waals surface area (Å²) in [6.45, 7) is 2.84. The van der Waals surface area contributed by atoms with Crippen LogP contribution in [0.25, 0.3) is 0 Å². The van der Waals surface area contributed by atoms with Crippen molar-refractivity contribution < 1.29 is 89.1 Å². The molecule has 17 atom stereocenters. The van der Waals surface area contributed by atoms with Crippen molar-refractivity contribution in [3.8, 4) is 0 Å². The second-order valence-corrected chi connectivity index (χ2v) is 24.0. The lowest BCUT2D eigenvalue weighted by atomic mass is 9.95. The maximum absolute atomic E-state index is 13.4. The quantitative estimate of drug-likeness (QED) is 0.0219. The molecule has 0 radical (unpaired) electrons. The van der Waals surface area contributed by atoms with Gasteiger partial charge >= 0.3 is 0 Å². The molecular weight excluding hydrogens is 1080 g/mol. The molecule has 3 fully saturated rings. The zero-order chi connectivity index (χ0) is 61.3. The van der Waals surface area contributed by atoms with E-state index in [-0.39, 0.29) is 18.9 Å². The molecular formula is C64H118N2O18. The molecule has 1 unspecified atom stereocenters. The Labute approximate surface area is 503 Å². The van der Waals surface area contributed by atoms with Crippen molar-refractivity contribution in [1.29, 1.82) is 0 Å². The number of amides is 2. The van der Waals surface area contributed by atoms with E-state index >= 15 is 0 Å². The highest BCUT2D eigenvalue weighted by Crippen LogP contribution is 2.33. The Kier molecular flexibility index (Phi) is 42.4. The fourth-order valence-electron chi connectivity index (χ4n) is 11.4. The van der Waals surface area contributed by atoms with Crippen LogP contribution in [0, 0.1) is 0 Å². The molecule has 3 saturated heterocycles. The molecule has 2 amide bonds. The molecule has 0 aromatic carbocycles. The van der Waals surface area contributed by atoms with Crippen LogP contribution in [0.2, 0.25) is 0 Å². The van der Waals surface area contributed by atoms with Gasteiger partial charge in [0.25, 0.3) is 0 Å². The highest BCUT2D eigenvalue weighted by molar-refractivity contribution is 5.76. The van der Waals surface area contributed by atoms with Gasteiger partial charge in [-0.3, -0.25) is 9.59 Å². The summed E-state index contributed by atoms with van der Waals surface area (Å²) >= 11 is 0. The highest BCUT2D eigenvalue weighted by Gasteiger charge is 2.54. The highest BCUT2D eigenvalue weighted by atomic mass is 16.8. The van der Waals surface area contributed by atoms with E-state index in [1.54, 1.807) is 6.08 Å². The van der Waals surface area contributed by atoms with Gasteiger partial charge in [0.1, 0.15) is 73.2 Å². The molecule has 0 saturated carbocycles. The van der Waals surface area contributed by atoms with E-state index in [1.165, 1.54) is 161 Å². The van der Waals surface area contributed by atoms with Crippen LogP contribution < -0.4 is 10.6 Å². The number of rotatable bonds is 49. The summed E-state index contributed by atoms with van der Waals surface area (Å²) in [7, 11) is 0. The molecule has 0 spiro atoms. The van der Waals surface area contributed by atoms with Crippen LogP contribution in [0.4, 0.5) is 0 Å². The molecule has 3 rings (SSSR count). The molecule has 12 N–H and O–H groups in total. The number of hydrogen-bond acceptors (Lipinski definition) is 18. The summed E-state index contributed by atoms with van der Waals surface area (Å²) in [5.41, 5.74) is 0. The van der Waals surface area contributed by atoms with E-state index in [4.69, 9.17) is 28.4 Å². The fraction of sp³-hybridized carbons (Fsp3) is 0.906. The van der Waals surface area contributed by atoms with Gasteiger partial charge in [-0.05, 0) is 44.9 Å². The molecule has 3 heterocycles. The van der Waals surface area contributed by atoms with Gasteiger partial charge < -0.3 is 90.1 Å². The van der Waals surface area contributed by atoms with Crippen molar-refractivity contribution in [2.45, 2.75) is 343 Å². The zero-order valence-corrected chi connectivity index (χ0v) is 51.7. The third kappa shape index (κ3) is 29.9. The van der Waals surface area contributed by atoms with Gasteiger partial charge in [0.2, 0.25) is 11.8 Å². The summed E-state index contributed by atoms with van der Waals surface area (Å²) in [6, 6.07) is -2.41. The number of hydrogen-bond donors (Lipinski definition) is 12. The summed E-state index contributed by atoms with van der Waals surface area (Å²) < 4.78 is 34.9. The maximum Gasteiger partial charge on any atom is 0.220 e. The molecule has 492 valence electrons. The number of carbonyl (C=O) groups excluding carboxylic acids is 2. The average Bonchev–Trinajstić information content (AvgIpc) is 2.16. The van der Waals surface area contributed by atoms with Gasteiger partial charge in [-0.2, -0.15) is 0 Å². The van der Waals surface area contributed by atoms with Crippen molar-refractivity contribution in [2.24, 2.45) is 0 Å². The standard InChI is InChI=1S/C64H118N2O18/c1-4-6-8-10-12-14-16-18-19-20-21-22-23-24-25-26-27-29-31-33-35-37-39-41-52(72)66-47(48(71)40-38-36-34-32-30-28-17-15-13-11-9-7-5-2)45-79-63-58(77)56(75)61(50(43-68)81-63)84-64-59(78)57(76)60(51(44-69)82-64)83-62-53(65-46(3)70)55(74)54(73)49(42-67)80-62/h18-19,38,40,47-51,53-64,67-69,71,73-78H,4-17,20-37,39,41-45H2,1-3H3,(H,65,70)(H,66,72)/t47-,48+,49+,50+,51+,53+,54-,55+,56+,57+,58?,59+,60-,61+,62-,63+,64-/m0/s1. The first-order valence-electron chi connectivity index (χ1n) is 33.1. The topological polar surface area (TPSA) is 316 Å². The van der Waals surface area contributed by atoms with E-state index < -0.39 is 130 Å². The van der Waals surface area contributed by atoms with Crippen LogP contribution >= 0.6 is 0 Å². The summed E-state index contributed by atoms with van der Waals surface area (Å²) in [6.07, 6.45) is 23.5. The Balaban J connectivity index is 1.48. The molecule has 20 heteroatoms. The van der Waals surface area contributed by atoms with Crippen molar-refractivity contribution in [2.75, 3.05) is 26.4 Å². The Morgan fingerprint density at radius 1 is 0.464 bits per heavy atom. The first-order chi connectivity index (χ1) is 40.7. The van der Waals surface area contributed by atoms with Crippen LogP contribution in [0.15, 0.2) is 24.3 Å². The van der Waals surface area contributed by atoms with Crippen LogP contribution in [0.3, 0.4) is 0 Å². The van der Waals surface area contributed by atoms with Crippen LogP contribution in [-0.2, 0) is 38.0 Å². The predicted octanol–water partition coefficient (Wildman–Crippen LogP) is 6.86. The summed E-state index contributed by atoms with van der Waals surface area (Å²) in [5, 5.41) is 114. The normalized spacial score (nSPS) is 29.2. The van der Waals surface area contributed by atoms with Gasteiger partial charge in [-0.15, -0.1) is 0 Å².